The van der Waals surface area contributed by atoms with Crippen LogP contribution >= 0.6 is 26.6 Å². The van der Waals surface area contributed by atoms with Crippen LogP contribution in [0.4, 0.5) is 0 Å². The molecule has 2 aliphatic rings. The molecule has 0 aromatic heterocycles. The minimum absolute atomic E-state index is 0.212. The molecule has 2 heterocycles. The van der Waals surface area contributed by atoms with E-state index in [0.29, 0.717) is 24.5 Å². The third-order valence-corrected chi connectivity index (χ3v) is 5.40. The lowest BCUT2D eigenvalue weighted by Gasteiger charge is -2.28. The second-order valence-electron chi connectivity index (χ2n) is 5.00. The summed E-state index contributed by atoms with van der Waals surface area (Å²) in [5, 5.41) is 0. The van der Waals surface area contributed by atoms with E-state index in [1.165, 1.54) is 0 Å². The Kier molecular flexibility index (Phi) is 3.90. The Bertz CT molecular complexity index is 620. The van der Waals surface area contributed by atoms with Crippen LogP contribution in [-0.2, 0) is 27.6 Å². The maximum absolute atomic E-state index is 11.5. The molecule has 0 unspecified atom stereocenters. The summed E-state index contributed by atoms with van der Waals surface area (Å²) in [7, 11) is 1.82. The highest BCUT2D eigenvalue weighted by atomic mass is 79.9. The van der Waals surface area contributed by atoms with E-state index in [4.69, 9.17) is 20.2 Å². The first-order chi connectivity index (χ1) is 9.47. The summed E-state index contributed by atoms with van der Waals surface area (Å²) in [6.45, 7) is 1.26. The quantitative estimate of drug-likeness (QED) is 0.738. The Labute approximate surface area is 131 Å². The number of rotatable bonds is 2. The van der Waals surface area contributed by atoms with Crippen LogP contribution in [0.1, 0.15) is 29.5 Å². The second-order valence-corrected chi connectivity index (χ2v) is 8.57. The molecule has 0 bridgehead atoms. The van der Waals surface area contributed by atoms with Gasteiger partial charge in [0.2, 0.25) is 9.05 Å². The summed E-state index contributed by atoms with van der Waals surface area (Å²) in [5.74, 6) is 1.22. The molecule has 0 fully saturated rings. The van der Waals surface area contributed by atoms with Gasteiger partial charge in [0.15, 0.2) is 0 Å². The number of benzene rings is 1. The summed E-state index contributed by atoms with van der Waals surface area (Å²) in [6.07, 6.45) is 3.42. The third-order valence-electron chi connectivity index (χ3n) is 3.60. The van der Waals surface area contributed by atoms with Crippen molar-refractivity contribution in [1.29, 1.82) is 0 Å². The Morgan fingerprint density at radius 2 is 1.65 bits per heavy atom. The van der Waals surface area contributed by atoms with Crippen molar-refractivity contribution in [2.75, 3.05) is 13.2 Å². The van der Waals surface area contributed by atoms with Crippen molar-refractivity contribution in [3.63, 3.8) is 0 Å². The number of ether oxygens (including phenoxy) is 2. The van der Waals surface area contributed by atoms with Crippen LogP contribution in [0.3, 0.4) is 0 Å². The monoisotopic (exact) mass is 380 g/mol. The maximum Gasteiger partial charge on any atom is 0.236 e. The summed E-state index contributed by atoms with van der Waals surface area (Å²) in [6, 6.07) is 0. The lowest BCUT2D eigenvalue weighted by Crippen LogP contribution is -2.18. The molecule has 1 aromatic rings. The summed E-state index contributed by atoms with van der Waals surface area (Å²) in [4.78, 5) is 0. The SMILES string of the molecule is O=S(=O)(Cl)Cc1c2c(c(Br)c3c1OCCC3)OCCC2. The van der Waals surface area contributed by atoms with Crippen molar-refractivity contribution in [3.05, 3.63) is 21.2 Å². The van der Waals surface area contributed by atoms with Gasteiger partial charge in [0.1, 0.15) is 11.5 Å². The standard InChI is InChI=1S/C13H14BrClO4S/c14-11-9-4-2-5-18-12(9)10(7-20(15,16)17)8-3-1-6-19-13(8)11/h1-7H2. The van der Waals surface area contributed by atoms with Gasteiger partial charge in [0.25, 0.3) is 0 Å². The molecule has 3 rings (SSSR count). The molecule has 0 amide bonds. The molecule has 1 aromatic carbocycles. The van der Waals surface area contributed by atoms with Gasteiger partial charge in [-0.15, -0.1) is 0 Å². The normalized spacial score (nSPS) is 17.7. The van der Waals surface area contributed by atoms with Gasteiger partial charge in [-0.3, -0.25) is 0 Å². The Morgan fingerprint density at radius 3 is 2.30 bits per heavy atom. The largest absolute Gasteiger partial charge is 0.493 e. The number of halogens is 2. The average molecular weight is 382 g/mol. The molecule has 2 aliphatic heterocycles. The lowest BCUT2D eigenvalue weighted by molar-refractivity contribution is 0.268. The van der Waals surface area contributed by atoms with Crippen LogP contribution in [0.15, 0.2) is 4.47 Å². The minimum atomic E-state index is -3.64. The zero-order valence-corrected chi connectivity index (χ0v) is 13.9. The van der Waals surface area contributed by atoms with Gasteiger partial charge in [0, 0.05) is 27.4 Å². The van der Waals surface area contributed by atoms with Gasteiger partial charge in [-0.25, -0.2) is 8.42 Å². The molecule has 0 saturated heterocycles. The second kappa shape index (κ2) is 5.39. The Hall–Kier alpha value is -0.460. The lowest BCUT2D eigenvalue weighted by atomic mass is 9.94. The van der Waals surface area contributed by atoms with Crippen molar-refractivity contribution in [2.45, 2.75) is 31.4 Å². The van der Waals surface area contributed by atoms with E-state index in [2.05, 4.69) is 15.9 Å². The molecule has 20 heavy (non-hydrogen) atoms. The maximum atomic E-state index is 11.5. The molecule has 0 atom stereocenters. The smallest absolute Gasteiger partial charge is 0.236 e. The van der Waals surface area contributed by atoms with Crippen LogP contribution in [0.25, 0.3) is 0 Å². The fourth-order valence-corrected chi connectivity index (χ4v) is 4.52. The summed E-state index contributed by atoms with van der Waals surface area (Å²) < 4.78 is 35.4. The fraction of sp³-hybridized carbons (Fsp3) is 0.538. The first-order valence-corrected chi connectivity index (χ1v) is 9.78. The van der Waals surface area contributed by atoms with Crippen molar-refractivity contribution in [1.82, 2.24) is 0 Å². The summed E-state index contributed by atoms with van der Waals surface area (Å²) in [5.41, 5.74) is 2.58. The van der Waals surface area contributed by atoms with E-state index >= 15 is 0 Å². The topological polar surface area (TPSA) is 52.6 Å². The van der Waals surface area contributed by atoms with Crippen molar-refractivity contribution in [3.8, 4) is 11.5 Å². The average Bonchev–Trinajstić information content (AvgIpc) is 2.42. The van der Waals surface area contributed by atoms with Crippen molar-refractivity contribution in [2.24, 2.45) is 0 Å². The van der Waals surface area contributed by atoms with Crippen LogP contribution in [0.2, 0.25) is 0 Å². The van der Waals surface area contributed by atoms with Gasteiger partial charge in [-0.05, 0) is 41.6 Å². The fourth-order valence-electron chi connectivity index (χ4n) is 2.81. The molecule has 110 valence electrons. The van der Waals surface area contributed by atoms with E-state index in [0.717, 1.165) is 47.0 Å². The molecule has 0 N–H and O–H groups in total. The minimum Gasteiger partial charge on any atom is -0.493 e. The van der Waals surface area contributed by atoms with Crippen LogP contribution in [0, 0.1) is 0 Å². The highest BCUT2D eigenvalue weighted by Gasteiger charge is 2.30. The Morgan fingerprint density at radius 1 is 1.05 bits per heavy atom. The van der Waals surface area contributed by atoms with Crippen LogP contribution in [-0.4, -0.2) is 21.6 Å². The van der Waals surface area contributed by atoms with Gasteiger partial charge in [0.05, 0.1) is 23.4 Å². The molecule has 0 radical (unpaired) electrons. The highest BCUT2D eigenvalue weighted by Crippen LogP contribution is 2.46. The number of hydrogen-bond acceptors (Lipinski definition) is 4. The molecule has 4 nitrogen and oxygen atoms in total. The molecule has 0 saturated carbocycles. The van der Waals surface area contributed by atoms with E-state index < -0.39 is 9.05 Å². The molecule has 0 aliphatic carbocycles. The van der Waals surface area contributed by atoms with Crippen LogP contribution in [0.5, 0.6) is 11.5 Å². The van der Waals surface area contributed by atoms with Gasteiger partial charge in [-0.1, -0.05) is 0 Å². The predicted molar refractivity (Wildman–Crippen MR) is 80.3 cm³/mol. The predicted octanol–water partition coefficient (Wildman–Crippen LogP) is 3.17. The zero-order valence-electron chi connectivity index (χ0n) is 10.7. The number of hydrogen-bond donors (Lipinski definition) is 0. The first-order valence-electron chi connectivity index (χ1n) is 6.51. The molecular formula is C13H14BrClO4S. The highest BCUT2D eigenvalue weighted by molar-refractivity contribution is 9.10. The summed E-state index contributed by atoms with van der Waals surface area (Å²) >= 11 is 3.58. The van der Waals surface area contributed by atoms with Gasteiger partial charge < -0.3 is 9.47 Å². The van der Waals surface area contributed by atoms with Gasteiger partial charge in [-0.2, -0.15) is 0 Å². The van der Waals surface area contributed by atoms with Crippen LogP contribution < -0.4 is 9.47 Å². The van der Waals surface area contributed by atoms with E-state index in [1.54, 1.807) is 0 Å². The Balaban J connectivity index is 2.24. The van der Waals surface area contributed by atoms with E-state index in [1.807, 2.05) is 0 Å². The molecule has 0 spiro atoms. The first kappa shape index (κ1) is 14.5. The molecular weight excluding hydrogens is 368 g/mol. The van der Waals surface area contributed by atoms with Gasteiger partial charge >= 0.3 is 0 Å². The number of fused-ring (bicyclic) bond motifs is 2. The molecule has 7 heteroatoms. The van der Waals surface area contributed by atoms with E-state index in [9.17, 15) is 8.42 Å². The third kappa shape index (κ3) is 2.65. The zero-order chi connectivity index (χ0) is 14.3. The van der Waals surface area contributed by atoms with Crippen molar-refractivity contribution < 1.29 is 17.9 Å². The van der Waals surface area contributed by atoms with E-state index in [-0.39, 0.29) is 5.75 Å². The van der Waals surface area contributed by atoms with Crippen molar-refractivity contribution >= 4 is 35.7 Å².